The molecule has 1 atom stereocenters. The van der Waals surface area contributed by atoms with E-state index >= 15 is 0 Å². The first-order chi connectivity index (χ1) is 8.72. The predicted molar refractivity (Wildman–Crippen MR) is 72.7 cm³/mol. The minimum Gasteiger partial charge on any atom is -0.493 e. The molecule has 0 heterocycles. The van der Waals surface area contributed by atoms with Crippen molar-refractivity contribution in [2.24, 2.45) is 0 Å². The largest absolute Gasteiger partial charge is 0.493 e. The quantitative estimate of drug-likeness (QED) is 0.720. The van der Waals surface area contributed by atoms with Gasteiger partial charge in [0.05, 0.1) is 20.8 Å². The SMILES string of the molecule is COCCNCC(C)c1ccc(OC)c(OC)c1. The molecule has 102 valence electrons. The summed E-state index contributed by atoms with van der Waals surface area (Å²) in [4.78, 5) is 0. The molecule has 1 N–H and O–H groups in total. The number of methoxy groups -OCH3 is 3. The lowest BCUT2D eigenvalue weighted by atomic mass is 10.0. The highest BCUT2D eigenvalue weighted by molar-refractivity contribution is 5.43. The van der Waals surface area contributed by atoms with Crippen LogP contribution in [0.1, 0.15) is 18.4 Å². The van der Waals surface area contributed by atoms with Crippen molar-refractivity contribution in [3.8, 4) is 11.5 Å². The molecule has 0 radical (unpaired) electrons. The molecule has 4 heteroatoms. The van der Waals surface area contributed by atoms with Crippen molar-refractivity contribution in [3.05, 3.63) is 23.8 Å². The fourth-order valence-corrected chi connectivity index (χ4v) is 1.77. The van der Waals surface area contributed by atoms with Crippen LogP contribution in [0, 0.1) is 0 Å². The van der Waals surface area contributed by atoms with E-state index in [4.69, 9.17) is 14.2 Å². The van der Waals surface area contributed by atoms with Crippen LogP contribution in [0.15, 0.2) is 18.2 Å². The highest BCUT2D eigenvalue weighted by Gasteiger charge is 2.09. The van der Waals surface area contributed by atoms with Gasteiger partial charge < -0.3 is 19.5 Å². The van der Waals surface area contributed by atoms with E-state index in [1.54, 1.807) is 21.3 Å². The van der Waals surface area contributed by atoms with E-state index < -0.39 is 0 Å². The van der Waals surface area contributed by atoms with Crippen molar-refractivity contribution in [2.75, 3.05) is 41.0 Å². The Bertz CT molecular complexity index is 355. The van der Waals surface area contributed by atoms with E-state index in [9.17, 15) is 0 Å². The zero-order valence-electron chi connectivity index (χ0n) is 11.7. The number of nitrogens with one attached hydrogen (secondary N) is 1. The molecular weight excluding hydrogens is 230 g/mol. The maximum absolute atomic E-state index is 5.30. The first-order valence-electron chi connectivity index (χ1n) is 6.14. The molecule has 1 aromatic rings. The molecule has 0 saturated carbocycles. The first kappa shape index (κ1) is 14.8. The van der Waals surface area contributed by atoms with Crippen LogP contribution in [0.3, 0.4) is 0 Å². The third kappa shape index (κ3) is 4.20. The summed E-state index contributed by atoms with van der Waals surface area (Å²) in [6.45, 7) is 4.70. The summed E-state index contributed by atoms with van der Waals surface area (Å²) in [5, 5.41) is 3.35. The highest BCUT2D eigenvalue weighted by Crippen LogP contribution is 2.30. The Kier molecular flexibility index (Phi) is 6.54. The van der Waals surface area contributed by atoms with Crippen molar-refractivity contribution >= 4 is 0 Å². The number of benzene rings is 1. The van der Waals surface area contributed by atoms with Gasteiger partial charge >= 0.3 is 0 Å². The second-order valence-electron chi connectivity index (χ2n) is 4.21. The topological polar surface area (TPSA) is 39.7 Å². The van der Waals surface area contributed by atoms with E-state index in [0.717, 1.165) is 31.2 Å². The van der Waals surface area contributed by atoms with Crippen molar-refractivity contribution < 1.29 is 14.2 Å². The lowest BCUT2D eigenvalue weighted by molar-refractivity contribution is 0.199. The average Bonchev–Trinajstić information content (AvgIpc) is 2.42. The molecule has 0 amide bonds. The molecule has 0 aliphatic heterocycles. The number of hydrogen-bond donors (Lipinski definition) is 1. The van der Waals surface area contributed by atoms with Gasteiger partial charge in [0.25, 0.3) is 0 Å². The normalized spacial score (nSPS) is 12.2. The number of hydrogen-bond acceptors (Lipinski definition) is 4. The predicted octanol–water partition coefficient (Wildman–Crippen LogP) is 2.04. The van der Waals surface area contributed by atoms with Crippen LogP contribution in [0.2, 0.25) is 0 Å². The lowest BCUT2D eigenvalue weighted by Gasteiger charge is -2.15. The van der Waals surface area contributed by atoms with E-state index in [2.05, 4.69) is 18.3 Å². The molecule has 0 aromatic heterocycles. The summed E-state index contributed by atoms with van der Waals surface area (Å²) in [7, 11) is 5.01. The summed E-state index contributed by atoms with van der Waals surface area (Å²) in [6, 6.07) is 6.05. The standard InChI is InChI=1S/C14H23NO3/c1-11(10-15-7-8-16-2)12-5-6-13(17-3)14(9-12)18-4/h5-6,9,11,15H,7-8,10H2,1-4H3. The smallest absolute Gasteiger partial charge is 0.160 e. The van der Waals surface area contributed by atoms with Gasteiger partial charge in [0.15, 0.2) is 11.5 Å². The van der Waals surface area contributed by atoms with Crippen LogP contribution >= 0.6 is 0 Å². The Balaban J connectivity index is 2.59. The molecule has 1 rings (SSSR count). The van der Waals surface area contributed by atoms with Gasteiger partial charge in [-0.3, -0.25) is 0 Å². The van der Waals surface area contributed by atoms with E-state index in [0.29, 0.717) is 5.92 Å². The van der Waals surface area contributed by atoms with Crippen LogP contribution in [0.4, 0.5) is 0 Å². The third-order valence-corrected chi connectivity index (χ3v) is 2.91. The fraction of sp³-hybridized carbons (Fsp3) is 0.571. The second kappa shape index (κ2) is 7.95. The monoisotopic (exact) mass is 253 g/mol. The number of ether oxygens (including phenoxy) is 3. The maximum Gasteiger partial charge on any atom is 0.160 e. The van der Waals surface area contributed by atoms with Gasteiger partial charge in [0.2, 0.25) is 0 Å². The van der Waals surface area contributed by atoms with Crippen LogP contribution < -0.4 is 14.8 Å². The van der Waals surface area contributed by atoms with Crippen LogP contribution in [0.5, 0.6) is 11.5 Å². The van der Waals surface area contributed by atoms with E-state index in [-0.39, 0.29) is 0 Å². The molecule has 18 heavy (non-hydrogen) atoms. The Labute approximate surface area is 109 Å². The van der Waals surface area contributed by atoms with Gasteiger partial charge in [0, 0.05) is 20.2 Å². The van der Waals surface area contributed by atoms with Crippen molar-refractivity contribution in [1.29, 1.82) is 0 Å². The molecular formula is C14H23NO3. The van der Waals surface area contributed by atoms with Gasteiger partial charge in [-0.2, -0.15) is 0 Å². The summed E-state index contributed by atoms with van der Waals surface area (Å²) in [6.07, 6.45) is 0. The Morgan fingerprint density at radius 1 is 1.11 bits per heavy atom. The third-order valence-electron chi connectivity index (χ3n) is 2.91. The van der Waals surface area contributed by atoms with Gasteiger partial charge in [-0.15, -0.1) is 0 Å². The highest BCUT2D eigenvalue weighted by atomic mass is 16.5. The van der Waals surface area contributed by atoms with Gasteiger partial charge in [-0.1, -0.05) is 13.0 Å². The minimum atomic E-state index is 0.418. The summed E-state index contributed by atoms with van der Waals surface area (Å²) < 4.78 is 15.5. The van der Waals surface area contributed by atoms with Gasteiger partial charge in [-0.05, 0) is 23.6 Å². The Morgan fingerprint density at radius 2 is 1.83 bits per heavy atom. The van der Waals surface area contributed by atoms with Crippen molar-refractivity contribution in [3.63, 3.8) is 0 Å². The minimum absolute atomic E-state index is 0.418. The summed E-state index contributed by atoms with van der Waals surface area (Å²) in [5.41, 5.74) is 1.23. The molecule has 0 saturated heterocycles. The van der Waals surface area contributed by atoms with Crippen molar-refractivity contribution in [2.45, 2.75) is 12.8 Å². The zero-order valence-corrected chi connectivity index (χ0v) is 11.7. The molecule has 4 nitrogen and oxygen atoms in total. The molecule has 1 aromatic carbocycles. The Morgan fingerprint density at radius 3 is 2.44 bits per heavy atom. The fourth-order valence-electron chi connectivity index (χ4n) is 1.77. The van der Waals surface area contributed by atoms with Crippen LogP contribution in [-0.4, -0.2) is 41.0 Å². The van der Waals surface area contributed by atoms with Crippen LogP contribution in [-0.2, 0) is 4.74 Å². The van der Waals surface area contributed by atoms with E-state index in [1.165, 1.54) is 5.56 Å². The summed E-state index contributed by atoms with van der Waals surface area (Å²) >= 11 is 0. The van der Waals surface area contributed by atoms with Gasteiger partial charge in [-0.25, -0.2) is 0 Å². The molecule has 1 unspecified atom stereocenters. The second-order valence-corrected chi connectivity index (χ2v) is 4.21. The molecule has 0 spiro atoms. The zero-order chi connectivity index (χ0) is 13.4. The lowest BCUT2D eigenvalue weighted by Crippen LogP contribution is -2.23. The molecule has 0 fully saturated rings. The number of rotatable bonds is 8. The first-order valence-corrected chi connectivity index (χ1v) is 6.14. The van der Waals surface area contributed by atoms with Crippen molar-refractivity contribution in [1.82, 2.24) is 5.32 Å². The van der Waals surface area contributed by atoms with E-state index in [1.807, 2.05) is 12.1 Å². The van der Waals surface area contributed by atoms with Gasteiger partial charge in [0.1, 0.15) is 0 Å². The van der Waals surface area contributed by atoms with Crippen LogP contribution in [0.25, 0.3) is 0 Å². The summed E-state index contributed by atoms with van der Waals surface area (Å²) in [5.74, 6) is 1.96. The average molecular weight is 253 g/mol. The molecule has 0 aliphatic rings. The molecule has 0 aliphatic carbocycles. The maximum atomic E-state index is 5.30. The molecule has 0 bridgehead atoms. The Hall–Kier alpha value is -1.26.